The lowest BCUT2D eigenvalue weighted by Gasteiger charge is -2.02. The second-order valence-electron chi connectivity index (χ2n) is 4.60. The lowest BCUT2D eigenvalue weighted by Crippen LogP contribution is -2.04. The van der Waals surface area contributed by atoms with E-state index in [1.807, 2.05) is 6.07 Å². The highest BCUT2D eigenvalue weighted by molar-refractivity contribution is 6.31. The van der Waals surface area contributed by atoms with Crippen molar-refractivity contribution in [1.82, 2.24) is 4.98 Å². The fourth-order valence-corrected chi connectivity index (χ4v) is 2.19. The smallest absolute Gasteiger partial charge is 0.338 e. The van der Waals surface area contributed by atoms with Crippen molar-refractivity contribution in [2.45, 2.75) is 0 Å². The van der Waals surface area contributed by atoms with Gasteiger partial charge >= 0.3 is 5.97 Å². The van der Waals surface area contributed by atoms with Gasteiger partial charge in [-0.15, -0.1) is 0 Å². The van der Waals surface area contributed by atoms with Crippen molar-refractivity contribution in [2.24, 2.45) is 0 Å². The zero-order valence-corrected chi connectivity index (χ0v) is 12.3. The van der Waals surface area contributed by atoms with Crippen molar-refractivity contribution in [3.63, 3.8) is 0 Å². The summed E-state index contributed by atoms with van der Waals surface area (Å²) in [6, 6.07) is 12.1. The Balaban J connectivity index is 1.96. The van der Waals surface area contributed by atoms with Crippen molar-refractivity contribution < 1.29 is 13.9 Å². The molecule has 0 fully saturated rings. The Labute approximate surface area is 132 Å². The van der Waals surface area contributed by atoms with Gasteiger partial charge in [0.1, 0.15) is 12.1 Å². The number of fused-ring (bicyclic) bond motifs is 1. The lowest BCUT2D eigenvalue weighted by atomic mass is 10.1. The maximum absolute atomic E-state index is 11.9. The first-order chi connectivity index (χ1) is 10.7. The van der Waals surface area contributed by atoms with E-state index in [4.69, 9.17) is 20.8 Å². The molecular formula is C17H12ClNO3. The minimum absolute atomic E-state index is 0.171. The van der Waals surface area contributed by atoms with Crippen LogP contribution in [0.15, 0.2) is 59.5 Å². The predicted molar refractivity (Wildman–Crippen MR) is 84.9 cm³/mol. The number of aromatic nitrogens is 1. The number of oxazole rings is 1. The molecule has 3 rings (SSSR count). The molecule has 0 aliphatic heterocycles. The molecule has 3 aromatic rings. The summed E-state index contributed by atoms with van der Waals surface area (Å²) in [5.41, 5.74) is 2.43. The van der Waals surface area contributed by atoms with Crippen LogP contribution in [0.2, 0.25) is 5.02 Å². The largest absolute Gasteiger partial charge is 0.458 e. The molecule has 110 valence electrons. The van der Waals surface area contributed by atoms with Gasteiger partial charge in [0.15, 0.2) is 5.58 Å². The molecule has 0 radical (unpaired) electrons. The number of hydrogen-bond donors (Lipinski definition) is 0. The Bertz CT molecular complexity index is 854. The summed E-state index contributed by atoms with van der Waals surface area (Å²) >= 11 is 5.94. The molecule has 0 saturated carbocycles. The van der Waals surface area contributed by atoms with E-state index in [2.05, 4.69) is 11.6 Å². The summed E-state index contributed by atoms with van der Waals surface area (Å²) in [7, 11) is 0. The maximum atomic E-state index is 11.9. The van der Waals surface area contributed by atoms with E-state index in [1.54, 1.807) is 36.4 Å². The third kappa shape index (κ3) is 2.87. The van der Waals surface area contributed by atoms with Crippen molar-refractivity contribution in [2.75, 3.05) is 6.61 Å². The molecule has 22 heavy (non-hydrogen) atoms. The molecule has 0 bridgehead atoms. The Hall–Kier alpha value is -2.59. The van der Waals surface area contributed by atoms with Gasteiger partial charge in [0.2, 0.25) is 5.89 Å². The summed E-state index contributed by atoms with van der Waals surface area (Å²) in [5.74, 6) is 0.0107. The molecule has 0 amide bonds. The predicted octanol–water partition coefficient (Wildman–Crippen LogP) is 4.49. The summed E-state index contributed by atoms with van der Waals surface area (Å²) in [6.07, 6.45) is 1.52. The molecule has 0 spiro atoms. The van der Waals surface area contributed by atoms with Crippen LogP contribution < -0.4 is 0 Å². The number of carbonyl (C=O) groups excluding carboxylic acids is 1. The van der Waals surface area contributed by atoms with E-state index < -0.39 is 5.97 Å². The second kappa shape index (κ2) is 6.03. The van der Waals surface area contributed by atoms with Gasteiger partial charge < -0.3 is 9.15 Å². The number of esters is 1. The quantitative estimate of drug-likeness (QED) is 0.526. The second-order valence-corrected chi connectivity index (χ2v) is 5.04. The van der Waals surface area contributed by atoms with Crippen molar-refractivity contribution in [3.05, 3.63) is 65.7 Å². The standard InChI is InChI=1S/C17H12ClNO3/c1-2-8-21-17(20)12-5-3-4-11(9-12)16-19-14-10-13(18)6-7-15(14)22-16/h2-7,9-10H,1,8H2. The first-order valence-corrected chi connectivity index (χ1v) is 7.00. The van der Waals surface area contributed by atoms with Crippen LogP contribution in [0.25, 0.3) is 22.6 Å². The van der Waals surface area contributed by atoms with Crippen LogP contribution in [0, 0.1) is 0 Å². The van der Waals surface area contributed by atoms with E-state index in [9.17, 15) is 4.79 Å². The Kier molecular flexibility index (Phi) is 3.94. The van der Waals surface area contributed by atoms with Crippen LogP contribution in [0.4, 0.5) is 0 Å². The summed E-state index contributed by atoms with van der Waals surface area (Å²) in [6.45, 7) is 3.68. The van der Waals surface area contributed by atoms with Gasteiger partial charge in [0.05, 0.1) is 5.56 Å². The zero-order valence-electron chi connectivity index (χ0n) is 11.6. The highest BCUT2D eigenvalue weighted by Crippen LogP contribution is 2.26. The topological polar surface area (TPSA) is 52.3 Å². The Morgan fingerprint density at radius 2 is 2.18 bits per heavy atom. The molecular weight excluding hydrogens is 302 g/mol. The lowest BCUT2D eigenvalue weighted by molar-refractivity contribution is 0.0550. The third-order valence-electron chi connectivity index (χ3n) is 3.03. The number of halogens is 1. The first kappa shape index (κ1) is 14.4. The molecule has 4 nitrogen and oxygen atoms in total. The summed E-state index contributed by atoms with van der Waals surface area (Å²) < 4.78 is 10.7. The van der Waals surface area contributed by atoms with Gasteiger partial charge in [0, 0.05) is 10.6 Å². The normalized spacial score (nSPS) is 10.6. The Morgan fingerprint density at radius 3 is 3.00 bits per heavy atom. The molecule has 1 heterocycles. The van der Waals surface area contributed by atoms with Gasteiger partial charge in [-0.2, -0.15) is 0 Å². The van der Waals surface area contributed by atoms with Crippen LogP contribution in [0.5, 0.6) is 0 Å². The van der Waals surface area contributed by atoms with Crippen LogP contribution in [-0.2, 0) is 4.74 Å². The van der Waals surface area contributed by atoms with Crippen LogP contribution in [0.3, 0.4) is 0 Å². The van der Waals surface area contributed by atoms with Crippen LogP contribution in [-0.4, -0.2) is 17.6 Å². The number of nitrogens with zero attached hydrogens (tertiary/aromatic N) is 1. The SMILES string of the molecule is C=CCOC(=O)c1cccc(-c2nc3cc(Cl)ccc3o2)c1. The van der Waals surface area contributed by atoms with Crippen LogP contribution >= 0.6 is 11.6 Å². The maximum Gasteiger partial charge on any atom is 0.338 e. The molecule has 0 aliphatic carbocycles. The highest BCUT2D eigenvalue weighted by Gasteiger charge is 2.12. The number of carbonyl (C=O) groups is 1. The molecule has 0 aliphatic rings. The number of benzene rings is 2. The van der Waals surface area contributed by atoms with Gasteiger partial charge in [-0.3, -0.25) is 0 Å². The van der Waals surface area contributed by atoms with Crippen molar-refractivity contribution in [3.8, 4) is 11.5 Å². The van der Waals surface area contributed by atoms with Gasteiger partial charge in [0.25, 0.3) is 0 Å². The van der Waals surface area contributed by atoms with Gasteiger partial charge in [-0.05, 0) is 36.4 Å². The number of hydrogen-bond acceptors (Lipinski definition) is 4. The van der Waals surface area contributed by atoms with Crippen molar-refractivity contribution >= 4 is 28.7 Å². The number of rotatable bonds is 4. The van der Waals surface area contributed by atoms with E-state index in [-0.39, 0.29) is 6.61 Å². The van der Waals surface area contributed by atoms with E-state index in [1.165, 1.54) is 6.08 Å². The third-order valence-corrected chi connectivity index (χ3v) is 3.26. The fourth-order valence-electron chi connectivity index (χ4n) is 2.02. The minimum Gasteiger partial charge on any atom is -0.458 e. The van der Waals surface area contributed by atoms with Gasteiger partial charge in [-0.1, -0.05) is 30.3 Å². The van der Waals surface area contributed by atoms with E-state index in [0.29, 0.717) is 33.1 Å². The molecule has 5 heteroatoms. The summed E-state index contributed by atoms with van der Waals surface area (Å²) in [5, 5.41) is 0.592. The average Bonchev–Trinajstić information content (AvgIpc) is 2.95. The molecule has 0 N–H and O–H groups in total. The fraction of sp³-hybridized carbons (Fsp3) is 0.0588. The first-order valence-electron chi connectivity index (χ1n) is 6.62. The zero-order chi connectivity index (χ0) is 15.5. The van der Waals surface area contributed by atoms with E-state index >= 15 is 0 Å². The summed E-state index contributed by atoms with van der Waals surface area (Å²) in [4.78, 5) is 16.3. The van der Waals surface area contributed by atoms with Gasteiger partial charge in [-0.25, -0.2) is 9.78 Å². The van der Waals surface area contributed by atoms with Crippen LogP contribution in [0.1, 0.15) is 10.4 Å². The molecule has 0 atom stereocenters. The monoisotopic (exact) mass is 313 g/mol. The van der Waals surface area contributed by atoms with Crippen molar-refractivity contribution in [1.29, 1.82) is 0 Å². The molecule has 2 aromatic carbocycles. The average molecular weight is 314 g/mol. The molecule has 0 unspecified atom stereocenters. The molecule has 0 saturated heterocycles. The highest BCUT2D eigenvalue weighted by atomic mass is 35.5. The molecule has 1 aromatic heterocycles. The van der Waals surface area contributed by atoms with E-state index in [0.717, 1.165) is 0 Å². The number of ether oxygens (including phenoxy) is 1. The Morgan fingerprint density at radius 1 is 1.32 bits per heavy atom. The minimum atomic E-state index is -0.416.